The molecule has 1 heterocycles. The van der Waals surface area contributed by atoms with Crippen molar-refractivity contribution in [2.24, 2.45) is 0 Å². The lowest BCUT2D eigenvalue weighted by Crippen LogP contribution is -1.71. The number of nitrogens with one attached hydrogen (secondary N) is 1. The molecule has 0 aliphatic carbocycles. The third-order valence-electron chi connectivity index (χ3n) is 1.65. The largest absolute Gasteiger partial charge is 0.275 e. The molecule has 0 fully saturated rings. The molecule has 1 aromatic carbocycles. The van der Waals surface area contributed by atoms with Gasteiger partial charge in [0.15, 0.2) is 5.69 Å². The van der Waals surface area contributed by atoms with E-state index in [9.17, 15) is 0 Å². The van der Waals surface area contributed by atoms with Gasteiger partial charge in [-0.05, 0) is 12.1 Å². The molecule has 0 saturated carbocycles. The van der Waals surface area contributed by atoms with Gasteiger partial charge in [0.2, 0.25) is 0 Å². The van der Waals surface area contributed by atoms with Crippen molar-refractivity contribution in [1.29, 1.82) is 5.26 Å². The van der Waals surface area contributed by atoms with Crippen LogP contribution in [0.1, 0.15) is 5.69 Å². The standard InChI is InChI=1S/C8H4ClN3/c9-6-3-1-2-5-7(4-10)11-12-8(5)6/h1-3H,(H,11,12). The smallest absolute Gasteiger partial charge is 0.170 e. The van der Waals surface area contributed by atoms with Gasteiger partial charge in [-0.3, -0.25) is 5.10 Å². The molecule has 2 aromatic rings. The number of nitrogens with zero attached hydrogens (tertiary/aromatic N) is 2. The molecule has 0 spiro atoms. The molecule has 12 heavy (non-hydrogen) atoms. The minimum atomic E-state index is 0.382. The first-order valence-corrected chi connectivity index (χ1v) is 3.73. The van der Waals surface area contributed by atoms with E-state index in [-0.39, 0.29) is 0 Å². The summed E-state index contributed by atoms with van der Waals surface area (Å²) >= 11 is 5.85. The molecule has 0 atom stereocenters. The van der Waals surface area contributed by atoms with E-state index >= 15 is 0 Å². The monoisotopic (exact) mass is 177 g/mol. The number of aromatic nitrogens is 2. The predicted octanol–water partition coefficient (Wildman–Crippen LogP) is 2.09. The Kier molecular flexibility index (Phi) is 1.49. The highest BCUT2D eigenvalue weighted by Gasteiger charge is 2.05. The maximum atomic E-state index is 8.64. The summed E-state index contributed by atoms with van der Waals surface area (Å²) in [5.74, 6) is 0. The van der Waals surface area contributed by atoms with Crippen LogP contribution in [0.3, 0.4) is 0 Å². The molecule has 1 aromatic heterocycles. The summed E-state index contributed by atoms with van der Waals surface area (Å²) in [7, 11) is 0. The number of hydrogen-bond donors (Lipinski definition) is 1. The molecule has 2 rings (SSSR count). The van der Waals surface area contributed by atoms with Crippen LogP contribution in [-0.4, -0.2) is 10.2 Å². The summed E-state index contributed by atoms with van der Waals surface area (Å²) in [6, 6.07) is 7.33. The highest BCUT2D eigenvalue weighted by molar-refractivity contribution is 6.35. The fraction of sp³-hybridized carbons (Fsp3) is 0. The van der Waals surface area contributed by atoms with E-state index in [1.807, 2.05) is 12.1 Å². The predicted molar refractivity (Wildman–Crippen MR) is 45.8 cm³/mol. The average molecular weight is 178 g/mol. The fourth-order valence-corrected chi connectivity index (χ4v) is 1.31. The molecule has 0 unspecified atom stereocenters. The first-order chi connectivity index (χ1) is 5.83. The van der Waals surface area contributed by atoms with Crippen LogP contribution in [-0.2, 0) is 0 Å². The van der Waals surface area contributed by atoms with Crippen molar-refractivity contribution in [3.05, 3.63) is 28.9 Å². The molecule has 3 nitrogen and oxygen atoms in total. The summed E-state index contributed by atoms with van der Waals surface area (Å²) in [5.41, 5.74) is 1.10. The van der Waals surface area contributed by atoms with Gasteiger partial charge >= 0.3 is 0 Å². The van der Waals surface area contributed by atoms with Gasteiger partial charge < -0.3 is 0 Å². The minimum absolute atomic E-state index is 0.382. The molecular formula is C8H4ClN3. The van der Waals surface area contributed by atoms with E-state index in [2.05, 4.69) is 10.2 Å². The molecule has 4 heteroatoms. The number of rotatable bonds is 0. The normalized spacial score (nSPS) is 10.0. The van der Waals surface area contributed by atoms with Crippen molar-refractivity contribution in [2.45, 2.75) is 0 Å². The van der Waals surface area contributed by atoms with Crippen LogP contribution < -0.4 is 0 Å². The summed E-state index contributed by atoms with van der Waals surface area (Å²) in [6.45, 7) is 0. The van der Waals surface area contributed by atoms with Gasteiger partial charge in [-0.25, -0.2) is 0 Å². The lowest BCUT2D eigenvalue weighted by molar-refractivity contribution is 1.10. The van der Waals surface area contributed by atoms with E-state index in [1.54, 1.807) is 12.1 Å². The Bertz CT molecular complexity index is 467. The molecule has 0 aliphatic heterocycles. The van der Waals surface area contributed by atoms with Gasteiger partial charge in [0, 0.05) is 5.39 Å². The van der Waals surface area contributed by atoms with Crippen LogP contribution in [0.4, 0.5) is 0 Å². The second-order valence-corrected chi connectivity index (χ2v) is 2.75. The molecule has 0 aliphatic rings. The van der Waals surface area contributed by atoms with Crippen molar-refractivity contribution in [3.8, 4) is 6.07 Å². The SMILES string of the molecule is N#Cc1n[nH]c2c(Cl)cccc12. The molecule has 1 N–H and O–H groups in total. The number of H-pyrrole nitrogens is 1. The molecule has 58 valence electrons. The zero-order valence-corrected chi connectivity index (χ0v) is 6.76. The van der Waals surface area contributed by atoms with Gasteiger partial charge in [0.05, 0.1) is 10.5 Å². The van der Waals surface area contributed by atoms with Gasteiger partial charge in [0.25, 0.3) is 0 Å². The zero-order chi connectivity index (χ0) is 8.55. The Morgan fingerprint density at radius 3 is 3.08 bits per heavy atom. The van der Waals surface area contributed by atoms with Crippen LogP contribution in [0.5, 0.6) is 0 Å². The topological polar surface area (TPSA) is 52.5 Å². The Hall–Kier alpha value is -1.53. The van der Waals surface area contributed by atoms with Crippen molar-refractivity contribution in [2.75, 3.05) is 0 Å². The Morgan fingerprint density at radius 1 is 1.50 bits per heavy atom. The van der Waals surface area contributed by atoms with Crippen molar-refractivity contribution in [3.63, 3.8) is 0 Å². The zero-order valence-electron chi connectivity index (χ0n) is 6.00. The van der Waals surface area contributed by atoms with Crippen LogP contribution in [0.2, 0.25) is 5.02 Å². The Morgan fingerprint density at radius 2 is 2.33 bits per heavy atom. The quantitative estimate of drug-likeness (QED) is 0.670. The van der Waals surface area contributed by atoms with Crippen LogP contribution >= 0.6 is 11.6 Å². The number of nitriles is 1. The molecular weight excluding hydrogens is 174 g/mol. The highest BCUT2D eigenvalue weighted by atomic mass is 35.5. The Labute approximate surface area is 73.6 Å². The number of halogens is 1. The van der Waals surface area contributed by atoms with Gasteiger partial charge in [-0.15, -0.1) is 0 Å². The summed E-state index contributed by atoms with van der Waals surface area (Å²) in [4.78, 5) is 0. The van der Waals surface area contributed by atoms with Gasteiger partial charge in [-0.1, -0.05) is 17.7 Å². The van der Waals surface area contributed by atoms with Gasteiger partial charge in [-0.2, -0.15) is 10.4 Å². The van der Waals surface area contributed by atoms with E-state index in [4.69, 9.17) is 16.9 Å². The van der Waals surface area contributed by atoms with E-state index in [1.165, 1.54) is 0 Å². The lowest BCUT2D eigenvalue weighted by Gasteiger charge is -1.89. The molecule has 0 radical (unpaired) electrons. The third-order valence-corrected chi connectivity index (χ3v) is 1.97. The first kappa shape index (κ1) is 7.14. The van der Waals surface area contributed by atoms with Gasteiger partial charge in [0.1, 0.15) is 6.07 Å². The first-order valence-electron chi connectivity index (χ1n) is 3.35. The maximum Gasteiger partial charge on any atom is 0.170 e. The van der Waals surface area contributed by atoms with Crippen molar-refractivity contribution in [1.82, 2.24) is 10.2 Å². The minimum Gasteiger partial charge on any atom is -0.275 e. The number of benzene rings is 1. The van der Waals surface area contributed by atoms with Crippen LogP contribution in [0.15, 0.2) is 18.2 Å². The second-order valence-electron chi connectivity index (χ2n) is 2.35. The van der Waals surface area contributed by atoms with Crippen molar-refractivity contribution < 1.29 is 0 Å². The molecule has 0 saturated heterocycles. The second kappa shape index (κ2) is 2.50. The summed E-state index contributed by atoms with van der Waals surface area (Å²) < 4.78 is 0. The van der Waals surface area contributed by atoms with Crippen molar-refractivity contribution >= 4 is 22.5 Å². The molecule has 0 bridgehead atoms. The highest BCUT2D eigenvalue weighted by Crippen LogP contribution is 2.22. The number of para-hydroxylation sites is 1. The van der Waals surface area contributed by atoms with E-state index < -0.39 is 0 Å². The lowest BCUT2D eigenvalue weighted by atomic mass is 10.2. The summed E-state index contributed by atoms with van der Waals surface area (Å²) in [5, 5.41) is 16.5. The number of hydrogen-bond acceptors (Lipinski definition) is 2. The number of aromatic amines is 1. The number of fused-ring (bicyclic) bond motifs is 1. The Balaban J connectivity index is 2.91. The fourth-order valence-electron chi connectivity index (χ4n) is 1.09. The van der Waals surface area contributed by atoms with Crippen LogP contribution in [0, 0.1) is 11.3 Å². The average Bonchev–Trinajstić information content (AvgIpc) is 2.49. The van der Waals surface area contributed by atoms with Crippen LogP contribution in [0.25, 0.3) is 10.9 Å². The molecule has 0 amide bonds. The summed E-state index contributed by atoms with van der Waals surface area (Å²) in [6.07, 6.45) is 0. The van der Waals surface area contributed by atoms with E-state index in [0.29, 0.717) is 10.7 Å². The maximum absolute atomic E-state index is 8.64. The third kappa shape index (κ3) is 0.858. The van der Waals surface area contributed by atoms with E-state index in [0.717, 1.165) is 10.9 Å².